The smallest absolute Gasteiger partial charge is 0.387 e. The van der Waals surface area contributed by atoms with Crippen molar-refractivity contribution in [3.05, 3.63) is 47.7 Å². The average Bonchev–Trinajstić information content (AvgIpc) is 3.07. The van der Waals surface area contributed by atoms with E-state index in [1.165, 1.54) is 13.0 Å². The van der Waals surface area contributed by atoms with Crippen LogP contribution < -0.4 is 5.32 Å². The lowest BCUT2D eigenvalue weighted by Crippen LogP contribution is -2.50. The molecule has 2 N–H and O–H groups in total. The third kappa shape index (κ3) is 4.05. The number of fused-ring (bicyclic) bond motifs is 1. The molecule has 2 aliphatic rings. The van der Waals surface area contributed by atoms with Gasteiger partial charge in [-0.3, -0.25) is 4.79 Å². The molecule has 0 spiro atoms. The van der Waals surface area contributed by atoms with Crippen molar-refractivity contribution in [1.29, 1.82) is 0 Å². The number of hydrogen-bond donors (Lipinski definition) is 2. The van der Waals surface area contributed by atoms with Gasteiger partial charge in [0.2, 0.25) is 0 Å². The first-order valence-electron chi connectivity index (χ1n) is 9.12. The molecule has 1 aromatic rings. The zero-order valence-corrected chi connectivity index (χ0v) is 16.1. The largest absolute Gasteiger partial charge is 0.418 e. The summed E-state index contributed by atoms with van der Waals surface area (Å²) >= 11 is 0. The van der Waals surface area contributed by atoms with Crippen LogP contribution in [-0.4, -0.2) is 46.7 Å². The minimum atomic E-state index is -4.92. The highest BCUT2D eigenvalue weighted by Gasteiger charge is 2.53. The van der Waals surface area contributed by atoms with Gasteiger partial charge in [-0.1, -0.05) is 18.2 Å². The van der Waals surface area contributed by atoms with Gasteiger partial charge >= 0.3 is 12.4 Å². The van der Waals surface area contributed by atoms with Crippen molar-refractivity contribution < 1.29 is 36.2 Å². The molecule has 0 bridgehead atoms. The summed E-state index contributed by atoms with van der Waals surface area (Å²) in [5.74, 6) is -0.502. The first-order chi connectivity index (χ1) is 13.7. The number of anilines is 1. The molecule has 2 heterocycles. The van der Waals surface area contributed by atoms with Gasteiger partial charge in [-0.15, -0.1) is 0 Å². The predicted molar refractivity (Wildman–Crippen MR) is 98.4 cm³/mol. The Labute approximate surface area is 168 Å². The number of carbonyl (C=O) groups excluding carboxylic acids is 1. The molecule has 0 aliphatic carbocycles. The van der Waals surface area contributed by atoms with Gasteiger partial charge in [0.25, 0.3) is 0 Å². The number of aliphatic hydroxyl groups excluding tert-OH is 1. The standard InChI is InChI=1S/C20H20F6N2O2/c1-11(29)12-6-7-28(9-12)10-16(30)14-8-18(2,20(24,25)26)27-17-13(14)4-3-5-15(17)19(21,22)23/h3-8,12,16,27,30H,9-10H2,1-2H3. The van der Waals surface area contributed by atoms with E-state index in [0.29, 0.717) is 6.07 Å². The fourth-order valence-electron chi connectivity index (χ4n) is 3.60. The van der Waals surface area contributed by atoms with Crippen LogP contribution >= 0.6 is 0 Å². The van der Waals surface area contributed by atoms with E-state index in [-0.39, 0.29) is 30.0 Å². The molecule has 0 saturated heterocycles. The number of β-amino-alcohol motifs (C(OH)–C–C–N with tert-alkyl or cyclic N) is 1. The summed E-state index contributed by atoms with van der Waals surface area (Å²) in [7, 11) is 0. The zero-order chi connectivity index (χ0) is 22.5. The van der Waals surface area contributed by atoms with Gasteiger partial charge in [-0.05, 0) is 37.8 Å². The number of aliphatic hydroxyl groups is 1. The number of rotatable bonds is 4. The third-order valence-electron chi connectivity index (χ3n) is 5.35. The lowest BCUT2D eigenvalue weighted by molar-refractivity contribution is -0.161. The van der Waals surface area contributed by atoms with Crippen molar-refractivity contribution in [1.82, 2.24) is 4.90 Å². The Balaban J connectivity index is 2.02. The minimum Gasteiger partial charge on any atom is -0.387 e. The molecule has 164 valence electrons. The molecule has 30 heavy (non-hydrogen) atoms. The Morgan fingerprint density at radius 1 is 1.30 bits per heavy atom. The molecule has 10 heteroatoms. The van der Waals surface area contributed by atoms with Crippen LogP contribution in [0.15, 0.2) is 36.6 Å². The number of nitrogens with zero attached hydrogens (tertiary/aromatic N) is 1. The summed E-state index contributed by atoms with van der Waals surface area (Å²) in [5, 5.41) is 12.7. The topological polar surface area (TPSA) is 52.6 Å². The summed E-state index contributed by atoms with van der Waals surface area (Å²) in [6, 6.07) is 3.01. The molecule has 0 radical (unpaired) electrons. The van der Waals surface area contributed by atoms with Crippen LogP contribution in [0.25, 0.3) is 5.57 Å². The molecule has 3 rings (SSSR count). The lowest BCUT2D eigenvalue weighted by Gasteiger charge is -2.39. The van der Waals surface area contributed by atoms with E-state index in [4.69, 9.17) is 0 Å². The molecule has 0 fully saturated rings. The molecule has 0 saturated carbocycles. The second kappa shape index (κ2) is 7.33. The van der Waals surface area contributed by atoms with E-state index in [1.54, 1.807) is 17.2 Å². The number of para-hydroxylation sites is 1. The van der Waals surface area contributed by atoms with Gasteiger partial charge in [0, 0.05) is 18.7 Å². The molecule has 1 aromatic carbocycles. The lowest BCUT2D eigenvalue weighted by atomic mass is 9.84. The Hall–Kier alpha value is -2.49. The molecule has 0 amide bonds. The van der Waals surface area contributed by atoms with E-state index in [2.05, 4.69) is 0 Å². The summed E-state index contributed by atoms with van der Waals surface area (Å²) in [4.78, 5) is 13.0. The predicted octanol–water partition coefficient (Wildman–Crippen LogP) is 4.23. The average molecular weight is 434 g/mol. The van der Waals surface area contributed by atoms with Crippen molar-refractivity contribution in [3.63, 3.8) is 0 Å². The molecular formula is C20H20F6N2O2. The van der Waals surface area contributed by atoms with E-state index < -0.39 is 41.2 Å². The maximum absolute atomic E-state index is 13.7. The van der Waals surface area contributed by atoms with Crippen molar-refractivity contribution in [2.45, 2.75) is 37.8 Å². The number of hydrogen-bond acceptors (Lipinski definition) is 4. The van der Waals surface area contributed by atoms with Crippen molar-refractivity contribution in [3.8, 4) is 0 Å². The van der Waals surface area contributed by atoms with Gasteiger partial charge in [0.05, 0.1) is 23.3 Å². The minimum absolute atomic E-state index is 0.103. The van der Waals surface area contributed by atoms with Crippen LogP contribution in [0.4, 0.5) is 32.0 Å². The quantitative estimate of drug-likeness (QED) is 0.697. The van der Waals surface area contributed by atoms with Crippen molar-refractivity contribution in [2.75, 3.05) is 18.4 Å². The molecule has 2 aliphatic heterocycles. The first-order valence-corrected chi connectivity index (χ1v) is 9.12. The van der Waals surface area contributed by atoms with Crippen LogP contribution in [0.5, 0.6) is 0 Å². The van der Waals surface area contributed by atoms with E-state index in [9.17, 15) is 36.2 Å². The highest BCUT2D eigenvalue weighted by atomic mass is 19.4. The van der Waals surface area contributed by atoms with Crippen LogP contribution in [0.1, 0.15) is 25.0 Å². The molecule has 3 unspecified atom stereocenters. The number of ketones is 1. The SMILES string of the molecule is CC(=O)C1C=CN(CC(O)C2=CC(C)(C(F)(F)F)Nc3c2cccc3C(F)(F)F)C1. The van der Waals surface area contributed by atoms with Crippen LogP contribution in [-0.2, 0) is 11.0 Å². The van der Waals surface area contributed by atoms with E-state index >= 15 is 0 Å². The maximum atomic E-state index is 13.7. The molecule has 4 nitrogen and oxygen atoms in total. The first kappa shape index (κ1) is 22.2. The molecular weight excluding hydrogens is 414 g/mol. The summed E-state index contributed by atoms with van der Waals surface area (Å²) < 4.78 is 81.4. The van der Waals surface area contributed by atoms with Gasteiger partial charge in [-0.25, -0.2) is 0 Å². The van der Waals surface area contributed by atoms with Gasteiger partial charge < -0.3 is 15.3 Å². The normalized spacial score (nSPS) is 24.9. The van der Waals surface area contributed by atoms with E-state index in [1.807, 2.05) is 5.32 Å². The van der Waals surface area contributed by atoms with Crippen molar-refractivity contribution in [2.24, 2.45) is 5.92 Å². The second-order valence-electron chi connectivity index (χ2n) is 7.68. The van der Waals surface area contributed by atoms with Crippen LogP contribution in [0.2, 0.25) is 0 Å². The van der Waals surface area contributed by atoms with Gasteiger partial charge in [-0.2, -0.15) is 26.3 Å². The fraction of sp³-hybridized carbons (Fsp3) is 0.450. The van der Waals surface area contributed by atoms with Gasteiger partial charge in [0.1, 0.15) is 5.78 Å². The fourth-order valence-corrected chi connectivity index (χ4v) is 3.60. The summed E-state index contributed by atoms with van der Waals surface area (Å²) in [6.07, 6.45) is -7.42. The summed E-state index contributed by atoms with van der Waals surface area (Å²) in [6.45, 7) is 2.19. The Bertz CT molecular complexity index is 906. The van der Waals surface area contributed by atoms with Crippen LogP contribution in [0.3, 0.4) is 0 Å². The number of nitrogens with one attached hydrogen (secondary N) is 1. The van der Waals surface area contributed by atoms with E-state index in [0.717, 1.165) is 19.1 Å². The Morgan fingerprint density at radius 3 is 2.50 bits per heavy atom. The second-order valence-corrected chi connectivity index (χ2v) is 7.68. The van der Waals surface area contributed by atoms with Gasteiger partial charge in [0.15, 0.2) is 5.54 Å². The Kier molecular flexibility index (Phi) is 5.43. The Morgan fingerprint density at radius 2 is 1.97 bits per heavy atom. The number of halogens is 6. The van der Waals surface area contributed by atoms with Crippen molar-refractivity contribution >= 4 is 17.0 Å². The number of carbonyl (C=O) groups is 1. The highest BCUT2D eigenvalue weighted by molar-refractivity contribution is 5.85. The number of benzene rings is 1. The maximum Gasteiger partial charge on any atom is 0.418 e. The zero-order valence-electron chi connectivity index (χ0n) is 16.1. The third-order valence-corrected chi connectivity index (χ3v) is 5.35. The number of alkyl halides is 6. The molecule has 0 aromatic heterocycles. The monoisotopic (exact) mass is 434 g/mol. The highest BCUT2D eigenvalue weighted by Crippen LogP contribution is 2.47. The summed E-state index contributed by atoms with van der Waals surface area (Å²) in [5.41, 5.74) is -5.17. The number of Topliss-reactive ketones (excluding diaryl/α,β-unsaturated/α-hetero) is 1. The molecule has 3 atom stereocenters. The van der Waals surface area contributed by atoms with Crippen LogP contribution in [0, 0.1) is 5.92 Å².